The molecule has 0 amide bonds. The fourth-order valence-corrected chi connectivity index (χ4v) is 2.24. The Morgan fingerprint density at radius 1 is 0.810 bits per heavy atom. The first kappa shape index (κ1) is 20.4. The molecule has 1 N–H and O–H groups in total. The van der Waals surface area contributed by atoms with Crippen LogP contribution in [-0.2, 0) is 0 Å². The van der Waals surface area contributed by atoms with Gasteiger partial charge in [0, 0.05) is 37.8 Å². The molecule has 2 rings (SSSR count). The highest BCUT2D eigenvalue weighted by molar-refractivity contribution is 5.85. The molecule has 1 atom stereocenters. The Morgan fingerprint density at radius 3 is 1.62 bits per heavy atom. The fourth-order valence-electron chi connectivity index (χ4n) is 2.24. The Morgan fingerprint density at radius 2 is 1.19 bits per heavy atom. The Labute approximate surface area is 131 Å². The van der Waals surface area contributed by atoms with E-state index in [4.69, 9.17) is 0 Å². The number of piperazine rings is 1. The van der Waals surface area contributed by atoms with Gasteiger partial charge in [0.05, 0.1) is 0 Å². The molecule has 0 bridgehead atoms. The molecule has 2 nitrogen and oxygen atoms in total. The third kappa shape index (κ3) is 3.77. The molecule has 1 fully saturated rings. The molecule has 21 heavy (non-hydrogen) atoms. The second kappa shape index (κ2) is 8.12. The summed E-state index contributed by atoms with van der Waals surface area (Å²) >= 11 is 0. The summed E-state index contributed by atoms with van der Waals surface area (Å²) in [5.74, 6) is -9.40. The molecule has 1 aliphatic heterocycles. The maximum absolute atomic E-state index is 13.6. The van der Waals surface area contributed by atoms with Crippen LogP contribution in [0.15, 0.2) is 0 Å². The van der Waals surface area contributed by atoms with Gasteiger partial charge in [-0.2, -0.15) is 0 Å². The van der Waals surface area contributed by atoms with Gasteiger partial charge in [0.15, 0.2) is 23.3 Å². The third-order valence-electron chi connectivity index (χ3n) is 3.36. The summed E-state index contributed by atoms with van der Waals surface area (Å²) in [6.45, 7) is 3.63. The van der Waals surface area contributed by atoms with Crippen LogP contribution in [0.25, 0.3) is 0 Å². The van der Waals surface area contributed by atoms with Crippen molar-refractivity contribution in [3.05, 3.63) is 34.6 Å². The van der Waals surface area contributed by atoms with Gasteiger partial charge in [0.1, 0.15) is 0 Å². The van der Waals surface area contributed by atoms with Crippen molar-refractivity contribution >= 4 is 24.8 Å². The molecule has 1 aromatic rings. The number of benzene rings is 1. The number of hydrogen-bond acceptors (Lipinski definition) is 2. The minimum absolute atomic E-state index is 0. The molecule has 0 aliphatic carbocycles. The third-order valence-corrected chi connectivity index (χ3v) is 3.36. The van der Waals surface area contributed by atoms with E-state index in [0.717, 1.165) is 0 Å². The molecule has 122 valence electrons. The second-order valence-corrected chi connectivity index (χ2v) is 4.45. The van der Waals surface area contributed by atoms with Gasteiger partial charge < -0.3 is 5.32 Å². The highest BCUT2D eigenvalue weighted by Gasteiger charge is 2.31. The van der Waals surface area contributed by atoms with Crippen LogP contribution in [0.2, 0.25) is 0 Å². The van der Waals surface area contributed by atoms with Crippen LogP contribution in [0, 0.1) is 29.1 Å². The van der Waals surface area contributed by atoms with Crippen LogP contribution < -0.4 is 5.32 Å². The van der Waals surface area contributed by atoms with Crippen LogP contribution in [0.4, 0.5) is 22.0 Å². The molecule has 9 heteroatoms. The Bertz CT molecular complexity index is 466. The first-order valence-corrected chi connectivity index (χ1v) is 5.91. The molecular formula is C12H15Cl2F5N2. The van der Waals surface area contributed by atoms with E-state index in [9.17, 15) is 22.0 Å². The molecular weight excluding hydrogens is 338 g/mol. The van der Waals surface area contributed by atoms with Gasteiger partial charge in [0.2, 0.25) is 5.82 Å². The Hall–Kier alpha value is -0.630. The molecule has 0 unspecified atom stereocenters. The molecule has 1 saturated heterocycles. The van der Waals surface area contributed by atoms with Gasteiger partial charge in [-0.1, -0.05) is 0 Å². The summed E-state index contributed by atoms with van der Waals surface area (Å²) in [4.78, 5) is 1.68. The van der Waals surface area contributed by atoms with Crippen LogP contribution >= 0.6 is 24.8 Å². The SMILES string of the molecule is C[C@H](c1c(F)c(F)c(F)c(F)c1F)N1CCNCC1.Cl.Cl. The maximum Gasteiger partial charge on any atom is 0.200 e. The zero-order valence-corrected chi connectivity index (χ0v) is 12.7. The number of hydrogen-bond donors (Lipinski definition) is 1. The van der Waals surface area contributed by atoms with Crippen molar-refractivity contribution in [1.82, 2.24) is 10.2 Å². The first-order chi connectivity index (χ1) is 8.95. The van der Waals surface area contributed by atoms with Gasteiger partial charge in [-0.05, 0) is 6.92 Å². The monoisotopic (exact) mass is 352 g/mol. The van der Waals surface area contributed by atoms with E-state index in [0.29, 0.717) is 26.2 Å². The fraction of sp³-hybridized carbons (Fsp3) is 0.500. The summed E-state index contributed by atoms with van der Waals surface area (Å²) in [5.41, 5.74) is -0.765. The zero-order valence-electron chi connectivity index (χ0n) is 11.1. The van der Waals surface area contributed by atoms with Crippen molar-refractivity contribution in [1.29, 1.82) is 0 Å². The van der Waals surface area contributed by atoms with Crippen LogP contribution in [0.5, 0.6) is 0 Å². The Balaban J connectivity index is 0.00000200. The quantitative estimate of drug-likeness (QED) is 0.499. The van der Waals surface area contributed by atoms with Gasteiger partial charge in [-0.15, -0.1) is 24.8 Å². The van der Waals surface area contributed by atoms with Crippen LogP contribution in [0.3, 0.4) is 0 Å². The van der Waals surface area contributed by atoms with E-state index in [-0.39, 0.29) is 24.8 Å². The predicted molar refractivity (Wildman–Crippen MR) is 73.6 cm³/mol. The van der Waals surface area contributed by atoms with Gasteiger partial charge in [0.25, 0.3) is 0 Å². The maximum atomic E-state index is 13.6. The zero-order chi connectivity index (χ0) is 14.2. The van der Waals surface area contributed by atoms with Crippen molar-refractivity contribution in [2.45, 2.75) is 13.0 Å². The summed E-state index contributed by atoms with van der Waals surface area (Å²) in [6, 6.07) is -0.869. The van der Waals surface area contributed by atoms with E-state index >= 15 is 0 Å². The van der Waals surface area contributed by atoms with Gasteiger partial charge in [-0.25, -0.2) is 22.0 Å². The summed E-state index contributed by atoms with van der Waals surface area (Å²) in [6.07, 6.45) is 0. The van der Waals surface area contributed by atoms with Crippen molar-refractivity contribution in [3.8, 4) is 0 Å². The number of nitrogens with one attached hydrogen (secondary N) is 1. The van der Waals surface area contributed by atoms with Gasteiger partial charge >= 0.3 is 0 Å². The molecule has 1 aromatic carbocycles. The molecule has 1 heterocycles. The van der Waals surface area contributed by atoms with E-state index in [1.54, 1.807) is 4.90 Å². The standard InChI is InChI=1S/C12H13F5N2.2ClH/c1-6(19-4-2-18-3-5-19)7-8(13)10(15)12(17)11(16)9(7)14;;/h6,18H,2-5H2,1H3;2*1H/t6-;;/m1../s1. The van der Waals surface area contributed by atoms with Crippen molar-refractivity contribution in [2.75, 3.05) is 26.2 Å². The highest BCUT2D eigenvalue weighted by Crippen LogP contribution is 2.30. The van der Waals surface area contributed by atoms with Crippen molar-refractivity contribution in [3.63, 3.8) is 0 Å². The van der Waals surface area contributed by atoms with E-state index in [1.165, 1.54) is 6.92 Å². The Kier molecular flexibility index (Phi) is 7.88. The largest absolute Gasteiger partial charge is 0.314 e. The minimum Gasteiger partial charge on any atom is -0.314 e. The molecule has 0 aromatic heterocycles. The molecule has 0 radical (unpaired) electrons. The van der Waals surface area contributed by atoms with Gasteiger partial charge in [-0.3, -0.25) is 4.90 Å². The number of nitrogens with zero attached hydrogens (tertiary/aromatic N) is 1. The molecule has 1 aliphatic rings. The average Bonchev–Trinajstić information content (AvgIpc) is 2.44. The van der Waals surface area contributed by atoms with E-state index < -0.39 is 40.7 Å². The van der Waals surface area contributed by atoms with Crippen LogP contribution in [0.1, 0.15) is 18.5 Å². The summed E-state index contributed by atoms with van der Waals surface area (Å²) in [7, 11) is 0. The lowest BCUT2D eigenvalue weighted by atomic mass is 10.0. The van der Waals surface area contributed by atoms with Crippen LogP contribution in [-0.4, -0.2) is 31.1 Å². The average molecular weight is 353 g/mol. The lowest BCUT2D eigenvalue weighted by Crippen LogP contribution is -2.45. The highest BCUT2D eigenvalue weighted by atomic mass is 35.5. The first-order valence-electron chi connectivity index (χ1n) is 5.91. The number of halogens is 7. The molecule has 0 spiro atoms. The normalized spacial score (nSPS) is 16.9. The summed E-state index contributed by atoms with van der Waals surface area (Å²) in [5, 5.41) is 3.04. The van der Waals surface area contributed by atoms with Crippen molar-refractivity contribution in [2.24, 2.45) is 0 Å². The molecule has 0 saturated carbocycles. The van der Waals surface area contributed by atoms with Crippen molar-refractivity contribution < 1.29 is 22.0 Å². The summed E-state index contributed by atoms with van der Waals surface area (Å²) < 4.78 is 66.5. The minimum atomic E-state index is -2.12. The number of rotatable bonds is 2. The lowest BCUT2D eigenvalue weighted by molar-refractivity contribution is 0.175. The van der Waals surface area contributed by atoms with E-state index in [1.807, 2.05) is 0 Å². The van der Waals surface area contributed by atoms with E-state index in [2.05, 4.69) is 5.32 Å². The topological polar surface area (TPSA) is 15.3 Å². The predicted octanol–water partition coefficient (Wildman–Crippen LogP) is 3.19. The smallest absolute Gasteiger partial charge is 0.200 e. The second-order valence-electron chi connectivity index (χ2n) is 4.45. The lowest BCUT2D eigenvalue weighted by Gasteiger charge is -2.33.